The minimum absolute atomic E-state index is 0.135. The molecule has 4 rings (SSSR count). The summed E-state index contributed by atoms with van der Waals surface area (Å²) in [5.41, 5.74) is 1.14. The molecule has 0 saturated carbocycles. The third-order valence-electron chi connectivity index (χ3n) is 3.34. The molecule has 3 heterocycles. The smallest absolute Gasteiger partial charge is 0.271 e. The van der Waals surface area contributed by atoms with Crippen molar-refractivity contribution in [2.45, 2.75) is 11.1 Å². The number of fused-ring (bicyclic) bond motifs is 1. The van der Waals surface area contributed by atoms with Gasteiger partial charge in [-0.05, 0) is 31.2 Å². The molecule has 7 nitrogen and oxygen atoms in total. The van der Waals surface area contributed by atoms with E-state index in [9.17, 15) is 8.42 Å². The maximum atomic E-state index is 12.5. The Balaban J connectivity index is 1.60. The fourth-order valence-electron chi connectivity index (χ4n) is 2.24. The summed E-state index contributed by atoms with van der Waals surface area (Å²) in [6.07, 6.45) is 0. The molecule has 3 aromatic rings. The molecule has 124 valence electrons. The summed E-state index contributed by atoms with van der Waals surface area (Å²) in [6.45, 7) is 1.94. The Bertz CT molecular complexity index is 1010. The van der Waals surface area contributed by atoms with Crippen LogP contribution < -0.4 is 14.2 Å². The maximum Gasteiger partial charge on any atom is 0.271 e. The second-order valence-electron chi connectivity index (χ2n) is 5.12. The van der Waals surface area contributed by atoms with Crippen molar-refractivity contribution in [3.05, 3.63) is 42.1 Å². The van der Waals surface area contributed by atoms with Crippen LogP contribution in [0.2, 0.25) is 0 Å². The molecule has 0 spiro atoms. The van der Waals surface area contributed by atoms with Crippen LogP contribution in [0, 0.1) is 6.92 Å². The van der Waals surface area contributed by atoms with Crippen LogP contribution in [-0.2, 0) is 10.0 Å². The number of nitrogens with one attached hydrogen (secondary N) is 1. The number of aryl methyl sites for hydroxylation is 1. The van der Waals surface area contributed by atoms with Gasteiger partial charge < -0.3 is 14.0 Å². The van der Waals surface area contributed by atoms with Crippen molar-refractivity contribution in [1.29, 1.82) is 0 Å². The molecule has 0 aliphatic carbocycles. The van der Waals surface area contributed by atoms with Gasteiger partial charge in [0, 0.05) is 12.1 Å². The van der Waals surface area contributed by atoms with Crippen LogP contribution >= 0.6 is 11.3 Å². The highest BCUT2D eigenvalue weighted by atomic mass is 32.2. The molecule has 0 bridgehead atoms. The number of sulfonamides is 1. The van der Waals surface area contributed by atoms with E-state index < -0.39 is 10.0 Å². The van der Waals surface area contributed by atoms with E-state index in [0.717, 1.165) is 17.0 Å². The Morgan fingerprint density at radius 1 is 1.12 bits per heavy atom. The topological polar surface area (TPSA) is 90.7 Å². The number of hydrogen-bond acceptors (Lipinski definition) is 7. The zero-order valence-electron chi connectivity index (χ0n) is 12.5. The fraction of sp³-hybridized carbons (Fsp3) is 0.133. The Morgan fingerprint density at radius 2 is 1.96 bits per heavy atom. The molecule has 1 aliphatic heterocycles. The summed E-state index contributed by atoms with van der Waals surface area (Å²) in [4.78, 5) is 0.696. The Morgan fingerprint density at radius 3 is 2.75 bits per heavy atom. The average Bonchev–Trinajstić information content (AvgIpc) is 3.25. The lowest BCUT2D eigenvalue weighted by molar-refractivity contribution is 0.174. The highest BCUT2D eigenvalue weighted by Crippen LogP contribution is 2.36. The van der Waals surface area contributed by atoms with E-state index in [4.69, 9.17) is 14.0 Å². The highest BCUT2D eigenvalue weighted by Gasteiger charge is 2.20. The second kappa shape index (κ2) is 5.53. The molecule has 0 fully saturated rings. The maximum absolute atomic E-state index is 12.5. The van der Waals surface area contributed by atoms with Crippen molar-refractivity contribution in [2.75, 3.05) is 11.5 Å². The summed E-state index contributed by atoms with van der Waals surface area (Å²) in [6, 6.07) is 9.87. The van der Waals surface area contributed by atoms with E-state index in [1.807, 2.05) is 0 Å². The van der Waals surface area contributed by atoms with E-state index in [1.54, 1.807) is 37.3 Å². The molecular formula is C15H12N2O5S2. The first-order valence-corrected chi connectivity index (χ1v) is 9.27. The molecule has 0 amide bonds. The van der Waals surface area contributed by atoms with E-state index in [0.29, 0.717) is 27.8 Å². The zero-order chi connectivity index (χ0) is 16.7. The average molecular weight is 364 g/mol. The summed E-state index contributed by atoms with van der Waals surface area (Å²) < 4.78 is 43.4. The molecule has 0 atom stereocenters. The number of aromatic nitrogens is 1. The zero-order valence-corrected chi connectivity index (χ0v) is 14.1. The van der Waals surface area contributed by atoms with Gasteiger partial charge in [-0.25, -0.2) is 8.42 Å². The van der Waals surface area contributed by atoms with Crippen LogP contribution in [0.3, 0.4) is 0 Å². The largest absolute Gasteiger partial charge is 0.454 e. The van der Waals surface area contributed by atoms with Gasteiger partial charge >= 0.3 is 0 Å². The van der Waals surface area contributed by atoms with E-state index in [-0.39, 0.29) is 11.0 Å². The van der Waals surface area contributed by atoms with Gasteiger partial charge in [0.15, 0.2) is 17.3 Å². The van der Waals surface area contributed by atoms with E-state index >= 15 is 0 Å². The van der Waals surface area contributed by atoms with Crippen molar-refractivity contribution < 1.29 is 22.4 Å². The normalized spacial score (nSPS) is 13.2. The van der Waals surface area contributed by atoms with Gasteiger partial charge in [0.1, 0.15) is 4.21 Å². The Labute approximate surface area is 141 Å². The summed E-state index contributed by atoms with van der Waals surface area (Å²) in [7, 11) is -3.70. The fourth-order valence-corrected chi connectivity index (χ4v) is 4.55. The van der Waals surface area contributed by atoms with Gasteiger partial charge in [-0.15, -0.1) is 11.3 Å². The standard InChI is InChI=1S/C15H12N2O5S2/c1-9-6-13(22-16-9)14-4-5-15(23-14)24(18,19)17-10-2-3-11-12(7-10)21-8-20-11/h2-7,17H,8H2,1H3. The van der Waals surface area contributed by atoms with Gasteiger partial charge in [-0.1, -0.05) is 5.16 Å². The van der Waals surface area contributed by atoms with Crippen LogP contribution in [0.25, 0.3) is 10.6 Å². The van der Waals surface area contributed by atoms with Crippen LogP contribution in [0.1, 0.15) is 5.69 Å². The first kappa shape index (κ1) is 15.0. The molecule has 1 aromatic carbocycles. The van der Waals surface area contributed by atoms with Gasteiger partial charge in [-0.2, -0.15) is 0 Å². The minimum atomic E-state index is -3.70. The summed E-state index contributed by atoms with van der Waals surface area (Å²) in [5.74, 6) is 1.65. The predicted molar refractivity (Wildman–Crippen MR) is 87.9 cm³/mol. The van der Waals surface area contributed by atoms with Crippen molar-refractivity contribution in [1.82, 2.24) is 5.16 Å². The SMILES string of the molecule is Cc1cc(-c2ccc(S(=O)(=O)Nc3ccc4c(c3)OCO4)s2)on1. The lowest BCUT2D eigenvalue weighted by Gasteiger charge is -2.06. The van der Waals surface area contributed by atoms with Crippen molar-refractivity contribution in [3.8, 4) is 22.1 Å². The molecule has 2 aromatic heterocycles. The minimum Gasteiger partial charge on any atom is -0.454 e. The van der Waals surface area contributed by atoms with Crippen molar-refractivity contribution >= 4 is 27.0 Å². The molecule has 9 heteroatoms. The van der Waals surface area contributed by atoms with Gasteiger partial charge in [0.25, 0.3) is 10.0 Å². The molecule has 0 saturated heterocycles. The predicted octanol–water partition coefficient (Wildman–Crippen LogP) is 3.24. The van der Waals surface area contributed by atoms with Crippen LogP contribution in [-0.4, -0.2) is 20.4 Å². The van der Waals surface area contributed by atoms with Crippen LogP contribution in [0.15, 0.2) is 45.1 Å². The van der Waals surface area contributed by atoms with Gasteiger partial charge in [0.05, 0.1) is 16.3 Å². The van der Waals surface area contributed by atoms with Crippen molar-refractivity contribution in [2.24, 2.45) is 0 Å². The van der Waals surface area contributed by atoms with Gasteiger partial charge in [0.2, 0.25) is 6.79 Å². The van der Waals surface area contributed by atoms with E-state index in [1.165, 1.54) is 6.07 Å². The van der Waals surface area contributed by atoms with Crippen LogP contribution in [0.4, 0.5) is 5.69 Å². The monoisotopic (exact) mass is 364 g/mol. The summed E-state index contributed by atoms with van der Waals surface area (Å²) >= 11 is 1.11. The Hall–Kier alpha value is -2.52. The third-order valence-corrected chi connectivity index (χ3v) is 6.31. The molecule has 1 aliphatic rings. The van der Waals surface area contributed by atoms with Crippen molar-refractivity contribution in [3.63, 3.8) is 0 Å². The number of benzene rings is 1. The second-order valence-corrected chi connectivity index (χ2v) is 8.12. The first-order valence-electron chi connectivity index (χ1n) is 6.97. The lowest BCUT2D eigenvalue weighted by Crippen LogP contribution is -2.11. The quantitative estimate of drug-likeness (QED) is 0.764. The number of nitrogens with zero attached hydrogens (tertiary/aromatic N) is 1. The number of ether oxygens (including phenoxy) is 2. The van der Waals surface area contributed by atoms with Gasteiger partial charge in [-0.3, -0.25) is 4.72 Å². The van der Waals surface area contributed by atoms with Crippen LogP contribution in [0.5, 0.6) is 11.5 Å². The molecule has 0 radical (unpaired) electrons. The third kappa shape index (κ3) is 2.72. The number of rotatable bonds is 4. The molecule has 0 unspecified atom stereocenters. The highest BCUT2D eigenvalue weighted by molar-refractivity contribution is 7.94. The number of hydrogen-bond donors (Lipinski definition) is 1. The first-order chi connectivity index (χ1) is 11.5. The Kier molecular flexibility index (Phi) is 3.47. The lowest BCUT2D eigenvalue weighted by atomic mass is 10.3. The van der Waals surface area contributed by atoms with E-state index in [2.05, 4.69) is 9.88 Å². The number of anilines is 1. The molecular weight excluding hydrogens is 352 g/mol. The molecule has 24 heavy (non-hydrogen) atoms. The molecule has 1 N–H and O–H groups in total. The number of thiophene rings is 1. The summed E-state index contributed by atoms with van der Waals surface area (Å²) in [5, 5.41) is 3.81.